The second-order valence-corrected chi connectivity index (χ2v) is 1.23. The van der Waals surface area contributed by atoms with Crippen molar-refractivity contribution < 1.29 is 45.8 Å². The molecule has 0 atom stereocenters. The van der Waals surface area contributed by atoms with Crippen LogP contribution in [0.15, 0.2) is 0 Å². The third-order valence-electron chi connectivity index (χ3n) is 0.620. The van der Waals surface area contributed by atoms with Crippen LogP contribution in [-0.4, -0.2) is 20.3 Å². The molecule has 0 aromatic heterocycles. The lowest BCUT2D eigenvalue weighted by Crippen LogP contribution is -2.04. The molecule has 0 bridgehead atoms. The van der Waals surface area contributed by atoms with E-state index in [0.29, 0.717) is 13.2 Å². The first kappa shape index (κ1) is 29.2. The summed E-state index contributed by atoms with van der Waals surface area (Å²) >= 11 is 0. The lowest BCUT2D eigenvalue weighted by Gasteiger charge is -1.92. The van der Waals surface area contributed by atoms with Gasteiger partial charge < -0.3 is 4.74 Å². The van der Waals surface area contributed by atoms with E-state index in [1.165, 1.54) is 5.54 Å². The summed E-state index contributed by atoms with van der Waals surface area (Å²) in [5.41, 5.74) is 1.52. The summed E-state index contributed by atoms with van der Waals surface area (Å²) in [5.74, 6) is 0. The average Bonchev–Trinajstić information content (AvgIpc) is 2.40. The number of halogens is 9. The van der Waals surface area contributed by atoms with Crippen molar-refractivity contribution in [1.29, 1.82) is 0 Å². The number of methoxy groups -OCH3 is 1. The minimum absolute atomic E-state index is 0.383. The first-order valence-electron chi connectivity index (χ1n) is 2.81. The molecule has 0 aliphatic rings. The van der Waals surface area contributed by atoms with E-state index < -0.39 is 0 Å². The summed E-state index contributed by atoms with van der Waals surface area (Å²) in [4.78, 5) is 0. The highest BCUT2D eigenvalue weighted by atomic mass is 20.0. The topological polar surface area (TPSA) is 21.3 Å². The summed E-state index contributed by atoms with van der Waals surface area (Å²) in [7, 11) is 1.60. The van der Waals surface area contributed by atoms with Crippen molar-refractivity contribution in [2.75, 3.05) is 20.3 Å². The van der Waals surface area contributed by atoms with Gasteiger partial charge in [0.25, 0.3) is 0 Å². The first-order chi connectivity index (χ1) is 7.41. The van der Waals surface area contributed by atoms with E-state index in [1.54, 1.807) is 7.11 Å². The molecule has 0 aromatic rings. The molecule has 0 saturated heterocycles. The molecular formula is C4H10F9NO. The van der Waals surface area contributed by atoms with Crippen molar-refractivity contribution in [3.63, 3.8) is 0 Å². The molecule has 100 valence electrons. The van der Waals surface area contributed by atoms with Gasteiger partial charge in [-0.05, 0) is 6.42 Å². The van der Waals surface area contributed by atoms with Gasteiger partial charge in [0.2, 0.25) is 0 Å². The fourth-order valence-electron chi connectivity index (χ4n) is 0.283. The molecule has 0 heterocycles. The van der Waals surface area contributed by atoms with E-state index in [0.717, 1.165) is 6.42 Å². The van der Waals surface area contributed by atoms with Crippen LogP contribution in [0, 0.1) is 0 Å². The highest BCUT2D eigenvalue weighted by molar-refractivity contribution is 4.32. The molecule has 0 spiro atoms. The van der Waals surface area contributed by atoms with Crippen LogP contribution >= 0.6 is 0 Å². The van der Waals surface area contributed by atoms with E-state index in [2.05, 4.69) is 4.74 Å². The number of hydrogen-bond acceptors (Lipinski definition) is 2. The largest absolute Gasteiger partial charge is 0.385 e. The molecule has 11 heteroatoms. The molecule has 0 radical (unpaired) electrons. The molecule has 0 unspecified atom stereocenters. The van der Waals surface area contributed by atoms with Gasteiger partial charge in [0.1, 0.15) is 0 Å². The molecule has 0 amide bonds. The molecule has 0 aliphatic carbocycles. The third kappa shape index (κ3) is 157. The zero-order chi connectivity index (χ0) is 13.5. The SMILES string of the molecule is COCCCNF.FF.FF.FF.FF. The van der Waals surface area contributed by atoms with Crippen molar-refractivity contribution in [3.8, 4) is 0 Å². The molecule has 1 N–H and O–H groups in total. The van der Waals surface area contributed by atoms with Gasteiger partial charge in [-0.1, -0.05) is 0 Å². The van der Waals surface area contributed by atoms with Crippen LogP contribution in [0.1, 0.15) is 6.42 Å². The van der Waals surface area contributed by atoms with Gasteiger partial charge in [0.05, 0.1) is 0 Å². The van der Waals surface area contributed by atoms with Crippen LogP contribution in [0.2, 0.25) is 0 Å². The lowest BCUT2D eigenvalue weighted by atomic mass is 10.5. The number of ether oxygens (including phenoxy) is 1. The van der Waals surface area contributed by atoms with Crippen LogP contribution in [0.4, 0.5) is 41.1 Å². The van der Waals surface area contributed by atoms with E-state index in [4.69, 9.17) is 36.6 Å². The summed E-state index contributed by atoms with van der Waals surface area (Å²) in [6.07, 6.45) is 0.729. The van der Waals surface area contributed by atoms with Gasteiger partial charge in [0, 0.05) is 56.9 Å². The zero-order valence-corrected chi connectivity index (χ0v) is 7.43. The standard InChI is InChI=1S/C4H10FNO.4F2/c1-7-4-2-3-6-5;4*1-2/h6H,2-4H2,1H3;;;;. The Bertz CT molecular complexity index is 41.3. The molecule has 0 aromatic carbocycles. The van der Waals surface area contributed by atoms with Gasteiger partial charge in [0.15, 0.2) is 0 Å². The maximum Gasteiger partial charge on any atom is 0.0475 e. The average molecular weight is 259 g/mol. The van der Waals surface area contributed by atoms with Crippen molar-refractivity contribution in [1.82, 2.24) is 5.54 Å². The number of nitrogens with one attached hydrogen (secondary N) is 1. The Morgan fingerprint density at radius 1 is 0.867 bits per heavy atom. The van der Waals surface area contributed by atoms with E-state index in [-0.39, 0.29) is 0 Å². The van der Waals surface area contributed by atoms with Gasteiger partial charge in [-0.15, -0.1) is 4.48 Å². The maximum atomic E-state index is 11.0. The van der Waals surface area contributed by atoms with E-state index in [1.807, 2.05) is 0 Å². The highest BCUT2D eigenvalue weighted by Crippen LogP contribution is 1.74. The van der Waals surface area contributed by atoms with Crippen LogP contribution in [0.3, 0.4) is 0 Å². The monoisotopic (exact) mass is 259 g/mol. The quantitative estimate of drug-likeness (QED) is 0.470. The van der Waals surface area contributed by atoms with Crippen molar-refractivity contribution in [2.45, 2.75) is 6.42 Å². The minimum Gasteiger partial charge on any atom is -0.385 e. The molecule has 0 fully saturated rings. The Morgan fingerprint density at radius 3 is 1.40 bits per heavy atom. The summed E-state index contributed by atoms with van der Waals surface area (Å²) in [5, 5.41) is 0. The van der Waals surface area contributed by atoms with Crippen molar-refractivity contribution in [2.24, 2.45) is 0 Å². The van der Waals surface area contributed by atoms with Crippen LogP contribution < -0.4 is 5.54 Å². The molecule has 0 aliphatic heterocycles. The molecule has 15 heavy (non-hydrogen) atoms. The minimum atomic E-state index is 0.383. The molecule has 0 saturated carbocycles. The second kappa shape index (κ2) is 109. The Hall–Kier alpha value is -0.710. The molecule has 0 rings (SSSR count). The smallest absolute Gasteiger partial charge is 0.0475 e. The van der Waals surface area contributed by atoms with E-state index >= 15 is 0 Å². The van der Waals surface area contributed by atoms with Crippen LogP contribution in [0.5, 0.6) is 0 Å². The second-order valence-electron chi connectivity index (χ2n) is 1.23. The Kier molecular flexibility index (Phi) is 213. The zero-order valence-electron chi connectivity index (χ0n) is 7.43. The molecular weight excluding hydrogens is 249 g/mol. The Morgan fingerprint density at radius 2 is 1.20 bits per heavy atom. The summed E-state index contributed by atoms with van der Waals surface area (Å²) < 4.78 is 79.6. The van der Waals surface area contributed by atoms with Gasteiger partial charge in [-0.2, -0.15) is 5.54 Å². The number of hydrogen-bond donors (Lipinski definition) is 1. The third-order valence-corrected chi connectivity index (χ3v) is 0.620. The van der Waals surface area contributed by atoms with Gasteiger partial charge in [-0.3, -0.25) is 0 Å². The molecule has 2 nitrogen and oxygen atoms in total. The van der Waals surface area contributed by atoms with E-state index in [9.17, 15) is 4.48 Å². The first-order valence-corrected chi connectivity index (χ1v) is 2.81. The van der Waals surface area contributed by atoms with Crippen molar-refractivity contribution in [3.05, 3.63) is 0 Å². The summed E-state index contributed by atoms with van der Waals surface area (Å²) in [6, 6.07) is 0. The fourth-order valence-corrected chi connectivity index (χ4v) is 0.283. The van der Waals surface area contributed by atoms with Gasteiger partial charge >= 0.3 is 0 Å². The predicted molar refractivity (Wildman–Crippen MR) is 34.5 cm³/mol. The lowest BCUT2D eigenvalue weighted by molar-refractivity contribution is 0.108. The highest BCUT2D eigenvalue weighted by Gasteiger charge is 1.80. The maximum absolute atomic E-state index is 11.0. The Balaban J connectivity index is -0.0000000353. The van der Waals surface area contributed by atoms with Crippen LogP contribution in [0.25, 0.3) is 0 Å². The predicted octanol–water partition coefficient (Wildman–Crippen LogP) is 3.86. The normalized spacial score (nSPS) is 6.00. The summed E-state index contributed by atoms with van der Waals surface area (Å²) in [6.45, 7) is 1.00. The Labute approximate surface area is 79.4 Å². The van der Waals surface area contributed by atoms with Crippen LogP contribution in [-0.2, 0) is 4.74 Å². The fraction of sp³-hybridized carbons (Fsp3) is 1.00. The number of rotatable bonds is 4. The van der Waals surface area contributed by atoms with Crippen molar-refractivity contribution >= 4 is 0 Å². The van der Waals surface area contributed by atoms with Gasteiger partial charge in [-0.25, -0.2) is 0 Å².